The van der Waals surface area contributed by atoms with Gasteiger partial charge in [-0.3, -0.25) is 4.79 Å². The van der Waals surface area contributed by atoms with Crippen LogP contribution in [0.5, 0.6) is 0 Å². The molecule has 0 aliphatic carbocycles. The Bertz CT molecular complexity index is 996. The van der Waals surface area contributed by atoms with Crippen LogP contribution in [-0.2, 0) is 0 Å². The van der Waals surface area contributed by atoms with Crippen molar-refractivity contribution in [3.63, 3.8) is 0 Å². The molecule has 4 heteroatoms. The zero-order valence-corrected chi connectivity index (χ0v) is 14.6. The van der Waals surface area contributed by atoms with Crippen molar-refractivity contribution in [1.82, 2.24) is 10.6 Å². The van der Waals surface area contributed by atoms with E-state index < -0.39 is 6.04 Å². The quantitative estimate of drug-likeness (QED) is 0.685. The zero-order valence-electron chi connectivity index (χ0n) is 14.6. The lowest BCUT2D eigenvalue weighted by Gasteiger charge is -2.30. The summed E-state index contributed by atoms with van der Waals surface area (Å²) in [4.78, 5) is 25.8. The average Bonchev–Trinajstić information content (AvgIpc) is 2.74. The number of carbonyl (C=O) groups excluding carboxylic acids is 2. The number of nitrogens with one attached hydrogen (secondary N) is 2. The highest BCUT2D eigenvalue weighted by atomic mass is 16.2. The van der Waals surface area contributed by atoms with Crippen molar-refractivity contribution >= 4 is 17.5 Å². The van der Waals surface area contributed by atoms with Crippen LogP contribution in [0.15, 0.2) is 96.6 Å². The molecule has 4 nitrogen and oxygen atoms in total. The molecule has 0 saturated heterocycles. The van der Waals surface area contributed by atoms with E-state index >= 15 is 0 Å². The molecule has 0 aromatic heterocycles. The zero-order chi connectivity index (χ0) is 18.6. The summed E-state index contributed by atoms with van der Waals surface area (Å²) in [6.07, 6.45) is 0. The number of amides is 2. The molecule has 27 heavy (non-hydrogen) atoms. The second kappa shape index (κ2) is 7.30. The number of carbonyl (C=O) groups is 2. The normalized spacial score (nSPS) is 16.4. The van der Waals surface area contributed by atoms with Gasteiger partial charge in [-0.2, -0.15) is 0 Å². The highest BCUT2D eigenvalue weighted by Crippen LogP contribution is 2.33. The lowest BCUT2D eigenvalue weighted by molar-refractivity contribution is 0.102. The van der Waals surface area contributed by atoms with Gasteiger partial charge in [-0.05, 0) is 11.1 Å². The van der Waals surface area contributed by atoms with Crippen LogP contribution in [0, 0.1) is 0 Å². The van der Waals surface area contributed by atoms with Crippen molar-refractivity contribution in [2.75, 3.05) is 0 Å². The van der Waals surface area contributed by atoms with E-state index in [1.54, 1.807) is 12.1 Å². The number of hydrogen-bond donors (Lipinski definition) is 2. The number of ketones is 1. The van der Waals surface area contributed by atoms with Gasteiger partial charge in [0.1, 0.15) is 0 Å². The largest absolute Gasteiger partial charge is 0.327 e. The van der Waals surface area contributed by atoms with Gasteiger partial charge < -0.3 is 10.6 Å². The third-order valence-corrected chi connectivity index (χ3v) is 4.55. The molecule has 0 bridgehead atoms. The van der Waals surface area contributed by atoms with Gasteiger partial charge in [-0.1, -0.05) is 91.0 Å². The van der Waals surface area contributed by atoms with Crippen LogP contribution in [0.25, 0.3) is 5.70 Å². The minimum absolute atomic E-state index is 0.115. The van der Waals surface area contributed by atoms with E-state index in [-0.39, 0.29) is 11.8 Å². The summed E-state index contributed by atoms with van der Waals surface area (Å²) < 4.78 is 0. The van der Waals surface area contributed by atoms with Crippen LogP contribution in [-0.4, -0.2) is 11.8 Å². The summed E-state index contributed by atoms with van der Waals surface area (Å²) in [5.74, 6) is -0.115. The topological polar surface area (TPSA) is 58.2 Å². The van der Waals surface area contributed by atoms with Gasteiger partial charge in [-0.15, -0.1) is 0 Å². The first-order valence-corrected chi connectivity index (χ1v) is 8.76. The summed E-state index contributed by atoms with van der Waals surface area (Å²) in [6, 6.07) is 27.3. The third kappa shape index (κ3) is 3.37. The predicted molar refractivity (Wildman–Crippen MR) is 105 cm³/mol. The standard InChI is InChI=1S/C23H18N2O2/c26-22(18-14-8-3-9-15-18)19-20(16-10-4-1-5-11-16)24-23(27)25-21(19)17-12-6-2-7-13-17/h1-15,20H,(H2,24,25,27)/t20-/m0/s1. The lowest BCUT2D eigenvalue weighted by Crippen LogP contribution is -2.45. The first-order chi connectivity index (χ1) is 13.2. The van der Waals surface area contributed by atoms with Crippen molar-refractivity contribution < 1.29 is 9.59 Å². The Morgan fingerprint density at radius 1 is 0.741 bits per heavy atom. The molecule has 0 fully saturated rings. The highest BCUT2D eigenvalue weighted by Gasteiger charge is 2.33. The third-order valence-electron chi connectivity index (χ3n) is 4.55. The molecule has 0 saturated carbocycles. The smallest absolute Gasteiger partial charge is 0.320 e. The van der Waals surface area contributed by atoms with Gasteiger partial charge in [0, 0.05) is 5.56 Å². The van der Waals surface area contributed by atoms with Gasteiger partial charge in [0.05, 0.1) is 17.3 Å². The second-order valence-electron chi connectivity index (χ2n) is 6.29. The number of Topliss-reactive ketones (excluding diaryl/α,β-unsaturated/α-hetero) is 1. The molecule has 2 amide bonds. The van der Waals surface area contributed by atoms with Crippen LogP contribution in [0.3, 0.4) is 0 Å². The highest BCUT2D eigenvalue weighted by molar-refractivity contribution is 6.16. The van der Waals surface area contributed by atoms with Crippen LogP contribution < -0.4 is 10.6 Å². The fourth-order valence-electron chi connectivity index (χ4n) is 3.28. The van der Waals surface area contributed by atoms with E-state index in [1.165, 1.54) is 0 Å². The average molecular weight is 354 g/mol. The molecule has 1 atom stereocenters. The maximum Gasteiger partial charge on any atom is 0.320 e. The second-order valence-corrected chi connectivity index (χ2v) is 6.29. The number of hydrogen-bond acceptors (Lipinski definition) is 2. The lowest BCUT2D eigenvalue weighted by atomic mass is 9.87. The molecule has 0 unspecified atom stereocenters. The van der Waals surface area contributed by atoms with Gasteiger partial charge in [-0.25, -0.2) is 4.79 Å². The van der Waals surface area contributed by atoms with E-state index in [0.717, 1.165) is 11.1 Å². The molecule has 0 radical (unpaired) electrons. The molecule has 2 N–H and O–H groups in total. The molecule has 1 aliphatic heterocycles. The number of benzene rings is 3. The van der Waals surface area contributed by atoms with Crippen molar-refractivity contribution in [2.24, 2.45) is 0 Å². The first-order valence-electron chi connectivity index (χ1n) is 8.76. The van der Waals surface area contributed by atoms with Crippen LogP contribution in [0.4, 0.5) is 4.79 Å². The molecule has 1 aliphatic rings. The molecular weight excluding hydrogens is 336 g/mol. The first kappa shape index (κ1) is 16.8. The summed E-state index contributed by atoms with van der Waals surface area (Å²) in [5, 5.41) is 5.75. The summed E-state index contributed by atoms with van der Waals surface area (Å²) in [5.41, 5.74) is 3.31. The van der Waals surface area contributed by atoms with Crippen LogP contribution >= 0.6 is 0 Å². The number of rotatable bonds is 4. The van der Waals surface area contributed by atoms with Crippen molar-refractivity contribution in [2.45, 2.75) is 6.04 Å². The summed E-state index contributed by atoms with van der Waals surface area (Å²) in [6.45, 7) is 0. The summed E-state index contributed by atoms with van der Waals surface area (Å²) >= 11 is 0. The Hall–Kier alpha value is -3.66. The fourth-order valence-corrected chi connectivity index (χ4v) is 3.28. The van der Waals surface area contributed by atoms with Crippen LogP contribution in [0.1, 0.15) is 27.5 Å². The molecule has 4 rings (SSSR count). The van der Waals surface area contributed by atoms with Crippen molar-refractivity contribution in [3.05, 3.63) is 113 Å². The maximum atomic E-state index is 13.4. The Morgan fingerprint density at radius 3 is 1.93 bits per heavy atom. The Morgan fingerprint density at radius 2 is 1.30 bits per heavy atom. The minimum Gasteiger partial charge on any atom is -0.327 e. The Labute approximate surface area is 157 Å². The summed E-state index contributed by atoms with van der Waals surface area (Å²) in [7, 11) is 0. The SMILES string of the molecule is O=C1NC(c2ccccc2)=C(C(=O)c2ccccc2)[C@H](c2ccccc2)N1. The molecule has 132 valence electrons. The Balaban J connectivity index is 1.93. The van der Waals surface area contributed by atoms with Gasteiger partial charge in [0.15, 0.2) is 5.78 Å². The van der Waals surface area contributed by atoms with Crippen molar-refractivity contribution in [3.8, 4) is 0 Å². The van der Waals surface area contributed by atoms with E-state index in [9.17, 15) is 9.59 Å². The minimum atomic E-state index is -0.525. The van der Waals surface area contributed by atoms with E-state index in [4.69, 9.17) is 0 Å². The van der Waals surface area contributed by atoms with Gasteiger partial charge >= 0.3 is 6.03 Å². The molecular formula is C23H18N2O2. The Kier molecular flexibility index (Phi) is 4.54. The van der Waals surface area contributed by atoms with E-state index in [1.807, 2.05) is 78.9 Å². The number of urea groups is 1. The van der Waals surface area contributed by atoms with Crippen molar-refractivity contribution in [1.29, 1.82) is 0 Å². The van der Waals surface area contributed by atoms with E-state index in [2.05, 4.69) is 10.6 Å². The monoisotopic (exact) mass is 354 g/mol. The molecule has 1 heterocycles. The molecule has 3 aromatic rings. The van der Waals surface area contributed by atoms with Crippen LogP contribution in [0.2, 0.25) is 0 Å². The van der Waals surface area contributed by atoms with Gasteiger partial charge in [0.2, 0.25) is 0 Å². The molecule has 0 spiro atoms. The van der Waals surface area contributed by atoms with Gasteiger partial charge in [0.25, 0.3) is 0 Å². The maximum absolute atomic E-state index is 13.4. The predicted octanol–water partition coefficient (Wildman–Crippen LogP) is 4.33. The van der Waals surface area contributed by atoms with E-state index in [0.29, 0.717) is 16.8 Å². The molecule has 3 aromatic carbocycles. The fraction of sp³-hybridized carbons (Fsp3) is 0.0435.